The van der Waals surface area contributed by atoms with Crippen LogP contribution in [0.15, 0.2) is 60.7 Å². The average molecular weight is 334 g/mol. The first-order valence-electron chi connectivity index (χ1n) is 8.24. The predicted molar refractivity (Wildman–Crippen MR) is 93.1 cm³/mol. The van der Waals surface area contributed by atoms with Gasteiger partial charge >= 0.3 is 0 Å². The smallest absolute Gasteiger partial charge is 0.276 e. The average Bonchev–Trinajstić information content (AvgIpc) is 3.11. The molecule has 2 heterocycles. The fourth-order valence-corrected chi connectivity index (χ4v) is 2.90. The normalized spacial score (nSPS) is 14.2. The zero-order valence-electron chi connectivity index (χ0n) is 13.6. The molecule has 1 aliphatic rings. The highest BCUT2D eigenvalue weighted by Gasteiger charge is 2.34. The molecule has 1 fully saturated rings. The van der Waals surface area contributed by atoms with Gasteiger partial charge in [-0.2, -0.15) is 15.4 Å². The van der Waals surface area contributed by atoms with Gasteiger partial charge in [0, 0.05) is 24.6 Å². The molecule has 126 valence electrons. The minimum atomic E-state index is -0.0939. The molecule has 0 radical (unpaired) electrons. The van der Waals surface area contributed by atoms with Crippen molar-refractivity contribution in [2.75, 3.05) is 19.7 Å². The van der Waals surface area contributed by atoms with Crippen molar-refractivity contribution in [2.24, 2.45) is 5.92 Å². The summed E-state index contributed by atoms with van der Waals surface area (Å²) in [6, 6.07) is 19.3. The summed E-state index contributed by atoms with van der Waals surface area (Å²) in [6.07, 6.45) is 0. The fourth-order valence-electron chi connectivity index (χ4n) is 2.90. The molecule has 1 aromatic heterocycles. The second kappa shape index (κ2) is 6.76. The zero-order chi connectivity index (χ0) is 17.1. The number of hydrogen-bond acceptors (Lipinski definition) is 4. The number of H-pyrrole nitrogens is 1. The Morgan fingerprint density at radius 1 is 1.04 bits per heavy atom. The van der Waals surface area contributed by atoms with Crippen LogP contribution in [0.5, 0.6) is 5.75 Å². The first-order chi connectivity index (χ1) is 12.3. The number of amides is 1. The highest BCUT2D eigenvalue weighted by atomic mass is 16.5. The number of nitrogens with one attached hydrogen (secondary N) is 1. The number of carbonyl (C=O) groups excluding carboxylic acids is 1. The lowest BCUT2D eigenvalue weighted by molar-refractivity contribution is 0.0388. The molecule has 1 saturated heterocycles. The van der Waals surface area contributed by atoms with E-state index >= 15 is 0 Å². The summed E-state index contributed by atoms with van der Waals surface area (Å²) in [5, 5.41) is 10.8. The van der Waals surface area contributed by atoms with E-state index in [1.165, 1.54) is 0 Å². The van der Waals surface area contributed by atoms with Gasteiger partial charge in [0.25, 0.3) is 5.91 Å². The van der Waals surface area contributed by atoms with Crippen LogP contribution in [-0.4, -0.2) is 45.9 Å². The maximum Gasteiger partial charge on any atom is 0.276 e. The van der Waals surface area contributed by atoms with Crippen molar-refractivity contribution in [1.29, 1.82) is 0 Å². The van der Waals surface area contributed by atoms with E-state index in [1.807, 2.05) is 60.7 Å². The Labute approximate surface area is 145 Å². The van der Waals surface area contributed by atoms with Crippen LogP contribution in [0, 0.1) is 5.92 Å². The lowest BCUT2D eigenvalue weighted by Gasteiger charge is -2.38. The van der Waals surface area contributed by atoms with Gasteiger partial charge in [-0.1, -0.05) is 48.5 Å². The quantitative estimate of drug-likeness (QED) is 0.778. The van der Waals surface area contributed by atoms with Gasteiger partial charge < -0.3 is 9.64 Å². The molecule has 1 aliphatic heterocycles. The SMILES string of the molecule is O=C(c1n[nH]nc1-c1ccccc1)N1CC(COc2ccccc2)C1. The topological polar surface area (TPSA) is 71.1 Å². The number of rotatable bonds is 5. The summed E-state index contributed by atoms with van der Waals surface area (Å²) >= 11 is 0. The number of benzene rings is 2. The van der Waals surface area contributed by atoms with Crippen molar-refractivity contribution in [3.63, 3.8) is 0 Å². The molecule has 2 aromatic carbocycles. The van der Waals surface area contributed by atoms with Gasteiger partial charge in [0.2, 0.25) is 0 Å². The molecule has 6 nitrogen and oxygen atoms in total. The van der Waals surface area contributed by atoms with Gasteiger partial charge in [0.15, 0.2) is 5.69 Å². The Kier molecular flexibility index (Phi) is 4.16. The third kappa shape index (κ3) is 3.24. The van der Waals surface area contributed by atoms with E-state index in [0.29, 0.717) is 37.0 Å². The molecule has 0 bridgehead atoms. The maximum absolute atomic E-state index is 12.7. The molecule has 0 aliphatic carbocycles. The highest BCUT2D eigenvalue weighted by Crippen LogP contribution is 2.24. The van der Waals surface area contributed by atoms with E-state index in [4.69, 9.17) is 4.74 Å². The van der Waals surface area contributed by atoms with E-state index in [9.17, 15) is 4.79 Å². The first kappa shape index (κ1) is 15.4. The van der Waals surface area contributed by atoms with Crippen LogP contribution < -0.4 is 4.74 Å². The third-order valence-electron chi connectivity index (χ3n) is 4.27. The molecule has 0 spiro atoms. The molecule has 0 atom stereocenters. The van der Waals surface area contributed by atoms with Crippen LogP contribution in [0.1, 0.15) is 10.5 Å². The highest BCUT2D eigenvalue weighted by molar-refractivity contribution is 5.98. The summed E-state index contributed by atoms with van der Waals surface area (Å²) in [7, 11) is 0. The summed E-state index contributed by atoms with van der Waals surface area (Å²) in [6.45, 7) is 1.96. The minimum absolute atomic E-state index is 0.0939. The molecular weight excluding hydrogens is 316 g/mol. The van der Waals surface area contributed by atoms with E-state index in [2.05, 4.69) is 15.4 Å². The number of nitrogens with zero attached hydrogens (tertiary/aromatic N) is 3. The van der Waals surface area contributed by atoms with Crippen LogP contribution in [0.3, 0.4) is 0 Å². The molecular formula is C19H18N4O2. The molecule has 1 N–H and O–H groups in total. The fraction of sp³-hybridized carbons (Fsp3) is 0.211. The summed E-state index contributed by atoms with van der Waals surface area (Å²) < 4.78 is 5.75. The number of para-hydroxylation sites is 1. The van der Waals surface area contributed by atoms with Gasteiger partial charge in [-0.05, 0) is 12.1 Å². The Bertz CT molecular complexity index is 842. The molecule has 3 aromatic rings. The maximum atomic E-state index is 12.7. The van der Waals surface area contributed by atoms with Crippen molar-refractivity contribution in [3.8, 4) is 17.0 Å². The summed E-state index contributed by atoms with van der Waals surface area (Å²) in [4.78, 5) is 14.4. The standard InChI is InChI=1S/C19H18N4O2/c24-19(18-17(20-22-21-18)15-7-3-1-4-8-15)23-11-14(12-23)13-25-16-9-5-2-6-10-16/h1-10,14H,11-13H2,(H,20,21,22). The number of likely N-dealkylation sites (tertiary alicyclic amines) is 1. The van der Waals surface area contributed by atoms with Gasteiger partial charge in [-0.3, -0.25) is 4.79 Å². The largest absolute Gasteiger partial charge is 0.493 e. The van der Waals surface area contributed by atoms with Crippen LogP contribution >= 0.6 is 0 Å². The monoisotopic (exact) mass is 334 g/mol. The molecule has 4 rings (SSSR count). The first-order valence-corrected chi connectivity index (χ1v) is 8.24. The molecule has 6 heteroatoms. The number of ether oxygens (including phenoxy) is 1. The van der Waals surface area contributed by atoms with Crippen LogP contribution in [0.4, 0.5) is 0 Å². The Hall–Kier alpha value is -3.15. The number of carbonyl (C=O) groups is 1. The van der Waals surface area contributed by atoms with Gasteiger partial charge in [-0.25, -0.2) is 0 Å². The van der Waals surface area contributed by atoms with Crippen molar-refractivity contribution in [3.05, 3.63) is 66.4 Å². The van der Waals surface area contributed by atoms with Crippen LogP contribution in [0.25, 0.3) is 11.3 Å². The summed E-state index contributed by atoms with van der Waals surface area (Å²) in [5.74, 6) is 1.11. The van der Waals surface area contributed by atoms with E-state index in [1.54, 1.807) is 4.90 Å². The Balaban J connectivity index is 1.36. The second-order valence-corrected chi connectivity index (χ2v) is 6.09. The van der Waals surface area contributed by atoms with Crippen molar-refractivity contribution >= 4 is 5.91 Å². The predicted octanol–water partition coefficient (Wildman–Crippen LogP) is 2.62. The number of aromatic amines is 1. The molecule has 1 amide bonds. The van der Waals surface area contributed by atoms with E-state index < -0.39 is 0 Å². The van der Waals surface area contributed by atoms with Crippen LogP contribution in [-0.2, 0) is 0 Å². The van der Waals surface area contributed by atoms with Gasteiger partial charge in [-0.15, -0.1) is 0 Å². The van der Waals surface area contributed by atoms with Crippen LogP contribution in [0.2, 0.25) is 0 Å². The molecule has 25 heavy (non-hydrogen) atoms. The molecule has 0 unspecified atom stereocenters. The summed E-state index contributed by atoms with van der Waals surface area (Å²) in [5.41, 5.74) is 1.84. The van der Waals surface area contributed by atoms with Crippen molar-refractivity contribution in [2.45, 2.75) is 0 Å². The molecule has 0 saturated carbocycles. The van der Waals surface area contributed by atoms with E-state index in [0.717, 1.165) is 11.3 Å². The second-order valence-electron chi connectivity index (χ2n) is 6.09. The van der Waals surface area contributed by atoms with Gasteiger partial charge in [0.1, 0.15) is 11.4 Å². The van der Waals surface area contributed by atoms with Gasteiger partial charge in [0.05, 0.1) is 6.61 Å². The lowest BCUT2D eigenvalue weighted by Crippen LogP contribution is -2.52. The van der Waals surface area contributed by atoms with E-state index in [-0.39, 0.29) is 5.91 Å². The zero-order valence-corrected chi connectivity index (χ0v) is 13.6. The third-order valence-corrected chi connectivity index (χ3v) is 4.27. The lowest BCUT2D eigenvalue weighted by atomic mass is 10.00. The Morgan fingerprint density at radius 3 is 2.44 bits per heavy atom. The van der Waals surface area contributed by atoms with Crippen molar-refractivity contribution in [1.82, 2.24) is 20.3 Å². The minimum Gasteiger partial charge on any atom is -0.493 e. The number of aromatic nitrogens is 3. The number of hydrogen-bond donors (Lipinski definition) is 1. The Morgan fingerprint density at radius 2 is 1.72 bits per heavy atom. The van der Waals surface area contributed by atoms with Crippen molar-refractivity contribution < 1.29 is 9.53 Å².